The highest BCUT2D eigenvalue weighted by Gasteiger charge is 2.08. The van der Waals surface area contributed by atoms with Crippen molar-refractivity contribution in [1.82, 2.24) is 9.55 Å². The number of hydrogen-bond acceptors (Lipinski definition) is 3. The molecule has 0 radical (unpaired) electrons. The van der Waals surface area contributed by atoms with Crippen LogP contribution < -0.4 is 5.32 Å². The van der Waals surface area contributed by atoms with Gasteiger partial charge in [-0.3, -0.25) is 4.79 Å². The Morgan fingerprint density at radius 1 is 1.33 bits per heavy atom. The molecule has 3 rings (SSSR count). The van der Waals surface area contributed by atoms with Gasteiger partial charge in [-0.15, -0.1) is 0 Å². The maximum atomic E-state index is 11.9. The minimum Gasteiger partial charge on any atom is -0.354 e. The molecule has 0 aliphatic rings. The van der Waals surface area contributed by atoms with Gasteiger partial charge in [0.2, 0.25) is 5.91 Å². The second-order valence-corrected chi connectivity index (χ2v) is 6.17. The van der Waals surface area contributed by atoms with E-state index in [0.717, 1.165) is 23.2 Å². The Kier molecular flexibility index (Phi) is 4.22. The van der Waals surface area contributed by atoms with Crippen molar-refractivity contribution in [2.24, 2.45) is 0 Å². The van der Waals surface area contributed by atoms with Gasteiger partial charge in [0.15, 0.2) is 5.13 Å². The van der Waals surface area contributed by atoms with Gasteiger partial charge < -0.3 is 9.88 Å². The smallest absolute Gasteiger partial charge is 0.226 e. The predicted molar refractivity (Wildman–Crippen MR) is 86.9 cm³/mol. The molecule has 2 aromatic heterocycles. The minimum atomic E-state index is -0.00712. The number of carbonyl (C=O) groups excluding carboxylic acids is 1. The summed E-state index contributed by atoms with van der Waals surface area (Å²) in [4.78, 5) is 16.3. The third-order valence-corrected chi connectivity index (χ3v) is 4.25. The second-order valence-electron chi connectivity index (χ2n) is 4.70. The SMILES string of the molecule is O=C(CCCn1cccc1)Nc1nc2ccc(Cl)cc2s1. The van der Waals surface area contributed by atoms with Crippen LogP contribution in [0.3, 0.4) is 0 Å². The molecule has 6 heteroatoms. The lowest BCUT2D eigenvalue weighted by Gasteiger charge is -2.03. The molecule has 0 fully saturated rings. The zero-order valence-corrected chi connectivity index (χ0v) is 12.8. The third-order valence-electron chi connectivity index (χ3n) is 3.08. The summed E-state index contributed by atoms with van der Waals surface area (Å²) in [6.07, 6.45) is 5.27. The standard InChI is InChI=1S/C15H14ClN3OS/c16-11-5-6-12-13(10-11)21-15(17-12)18-14(20)4-3-9-19-7-1-2-8-19/h1-2,5-8,10H,3-4,9H2,(H,17,18,20). The number of halogens is 1. The van der Waals surface area contributed by atoms with Crippen molar-refractivity contribution in [1.29, 1.82) is 0 Å². The van der Waals surface area contributed by atoms with Crippen molar-refractivity contribution in [2.75, 3.05) is 5.32 Å². The summed E-state index contributed by atoms with van der Waals surface area (Å²) in [5, 5.41) is 4.15. The number of hydrogen-bond donors (Lipinski definition) is 1. The van der Waals surface area contributed by atoms with Gasteiger partial charge in [-0.2, -0.15) is 0 Å². The fraction of sp³-hybridized carbons (Fsp3) is 0.200. The number of carbonyl (C=O) groups is 1. The normalized spacial score (nSPS) is 10.9. The van der Waals surface area contributed by atoms with E-state index in [1.54, 1.807) is 6.07 Å². The molecule has 2 heterocycles. The zero-order chi connectivity index (χ0) is 14.7. The number of rotatable bonds is 5. The van der Waals surface area contributed by atoms with Gasteiger partial charge >= 0.3 is 0 Å². The van der Waals surface area contributed by atoms with E-state index in [1.807, 2.05) is 36.7 Å². The number of aromatic nitrogens is 2. The number of anilines is 1. The van der Waals surface area contributed by atoms with Gasteiger partial charge in [-0.05, 0) is 36.8 Å². The number of nitrogens with one attached hydrogen (secondary N) is 1. The van der Waals surface area contributed by atoms with E-state index >= 15 is 0 Å². The number of benzene rings is 1. The van der Waals surface area contributed by atoms with Gasteiger partial charge in [0.1, 0.15) is 0 Å². The van der Waals surface area contributed by atoms with Crippen LogP contribution >= 0.6 is 22.9 Å². The molecule has 1 aromatic carbocycles. The van der Waals surface area contributed by atoms with Crippen LogP contribution in [-0.4, -0.2) is 15.5 Å². The van der Waals surface area contributed by atoms with Gasteiger partial charge in [-0.1, -0.05) is 22.9 Å². The van der Waals surface area contributed by atoms with Crippen molar-refractivity contribution >= 4 is 44.2 Å². The summed E-state index contributed by atoms with van der Waals surface area (Å²) < 4.78 is 3.04. The molecule has 0 saturated heterocycles. The van der Waals surface area contributed by atoms with Gasteiger partial charge in [0.05, 0.1) is 10.2 Å². The molecule has 4 nitrogen and oxygen atoms in total. The molecule has 0 aliphatic heterocycles. The van der Waals surface area contributed by atoms with Crippen molar-refractivity contribution in [3.63, 3.8) is 0 Å². The van der Waals surface area contributed by atoms with Crippen LogP contribution in [0.4, 0.5) is 5.13 Å². The molecule has 0 saturated carbocycles. The Bertz CT molecular complexity index is 751. The van der Waals surface area contributed by atoms with Crippen LogP contribution in [0.5, 0.6) is 0 Å². The van der Waals surface area contributed by atoms with Gasteiger partial charge in [0.25, 0.3) is 0 Å². The number of fused-ring (bicyclic) bond motifs is 1. The van der Waals surface area contributed by atoms with E-state index in [4.69, 9.17) is 11.6 Å². The predicted octanol–water partition coefficient (Wildman–Crippen LogP) is 4.17. The first-order valence-corrected chi connectivity index (χ1v) is 7.87. The lowest BCUT2D eigenvalue weighted by molar-refractivity contribution is -0.116. The first-order chi connectivity index (χ1) is 10.2. The average molecular weight is 320 g/mol. The number of thiazole rings is 1. The molecule has 0 unspecified atom stereocenters. The Morgan fingerprint density at radius 2 is 2.14 bits per heavy atom. The zero-order valence-electron chi connectivity index (χ0n) is 11.3. The Labute approximate surface area is 131 Å². The van der Waals surface area contributed by atoms with Crippen molar-refractivity contribution in [3.8, 4) is 0 Å². The van der Waals surface area contributed by atoms with E-state index in [-0.39, 0.29) is 5.91 Å². The summed E-state index contributed by atoms with van der Waals surface area (Å²) >= 11 is 7.38. The summed E-state index contributed by atoms with van der Waals surface area (Å²) in [6.45, 7) is 0.843. The summed E-state index contributed by atoms with van der Waals surface area (Å²) in [7, 11) is 0. The fourth-order valence-electron chi connectivity index (χ4n) is 2.08. The molecule has 0 bridgehead atoms. The average Bonchev–Trinajstić information content (AvgIpc) is 3.07. The lowest BCUT2D eigenvalue weighted by atomic mass is 10.3. The highest BCUT2D eigenvalue weighted by Crippen LogP contribution is 2.28. The minimum absolute atomic E-state index is 0.00712. The van der Waals surface area contributed by atoms with Crippen molar-refractivity contribution < 1.29 is 4.79 Å². The fourth-order valence-corrected chi connectivity index (χ4v) is 3.23. The molecule has 108 valence electrons. The van der Waals surface area contributed by atoms with Crippen molar-refractivity contribution in [2.45, 2.75) is 19.4 Å². The van der Waals surface area contributed by atoms with Crippen LogP contribution in [-0.2, 0) is 11.3 Å². The quantitative estimate of drug-likeness (QED) is 0.767. The second kappa shape index (κ2) is 6.28. The largest absolute Gasteiger partial charge is 0.354 e. The van der Waals surface area contributed by atoms with Gasteiger partial charge in [0, 0.05) is 30.4 Å². The van der Waals surface area contributed by atoms with E-state index in [2.05, 4.69) is 14.9 Å². The molecular weight excluding hydrogens is 306 g/mol. The van der Waals surface area contributed by atoms with Gasteiger partial charge in [-0.25, -0.2) is 4.98 Å². The Hall–Kier alpha value is -1.85. The van der Waals surface area contributed by atoms with E-state index in [9.17, 15) is 4.79 Å². The van der Waals surface area contributed by atoms with E-state index < -0.39 is 0 Å². The maximum absolute atomic E-state index is 11.9. The third kappa shape index (κ3) is 3.62. The summed E-state index contributed by atoms with van der Waals surface area (Å²) in [5.74, 6) is -0.00712. The monoisotopic (exact) mass is 319 g/mol. The highest BCUT2D eigenvalue weighted by molar-refractivity contribution is 7.22. The lowest BCUT2D eigenvalue weighted by Crippen LogP contribution is -2.11. The molecular formula is C15H14ClN3OS. The van der Waals surface area contributed by atoms with E-state index in [1.165, 1.54) is 11.3 Å². The summed E-state index contributed by atoms with van der Waals surface area (Å²) in [6, 6.07) is 9.47. The highest BCUT2D eigenvalue weighted by atomic mass is 35.5. The number of nitrogens with zero attached hydrogens (tertiary/aromatic N) is 2. The van der Waals surface area contributed by atoms with Crippen LogP contribution in [0.1, 0.15) is 12.8 Å². The topological polar surface area (TPSA) is 46.9 Å². The van der Waals surface area contributed by atoms with Crippen LogP contribution in [0.15, 0.2) is 42.7 Å². The molecule has 0 atom stereocenters. The van der Waals surface area contributed by atoms with E-state index in [0.29, 0.717) is 16.6 Å². The Balaban J connectivity index is 1.55. The molecule has 0 spiro atoms. The molecule has 1 N–H and O–H groups in total. The Morgan fingerprint density at radius 3 is 2.95 bits per heavy atom. The molecule has 21 heavy (non-hydrogen) atoms. The van der Waals surface area contributed by atoms with Crippen LogP contribution in [0.25, 0.3) is 10.2 Å². The van der Waals surface area contributed by atoms with Crippen LogP contribution in [0.2, 0.25) is 5.02 Å². The molecule has 0 aliphatic carbocycles. The first-order valence-electron chi connectivity index (χ1n) is 6.67. The first kappa shape index (κ1) is 14.1. The number of amides is 1. The number of aryl methyl sites for hydroxylation is 1. The maximum Gasteiger partial charge on any atom is 0.226 e. The molecule has 3 aromatic rings. The van der Waals surface area contributed by atoms with Crippen molar-refractivity contribution in [3.05, 3.63) is 47.7 Å². The summed E-state index contributed by atoms with van der Waals surface area (Å²) in [5.41, 5.74) is 0.854. The molecule has 1 amide bonds. The van der Waals surface area contributed by atoms with Crippen LogP contribution in [0, 0.1) is 0 Å².